The number of aromatic nitrogens is 2. The molecule has 2 aromatic heterocycles. The molecule has 5 rings (SSSR count). The van der Waals surface area contributed by atoms with Crippen molar-refractivity contribution in [2.24, 2.45) is 7.05 Å². The number of fused-ring (bicyclic) bond motifs is 1. The molecule has 2 heterocycles. The first-order valence-corrected chi connectivity index (χ1v) is 15.0. The van der Waals surface area contributed by atoms with Crippen LogP contribution in [0.4, 0.5) is 5.69 Å². The summed E-state index contributed by atoms with van der Waals surface area (Å²) in [5.74, 6) is 0.403. The fourth-order valence-electron chi connectivity index (χ4n) is 5.45. The maximum absolute atomic E-state index is 14.3. The van der Waals surface area contributed by atoms with E-state index in [0.29, 0.717) is 64.3 Å². The Hall–Kier alpha value is -5.15. The Morgan fingerprint density at radius 2 is 1.62 bits per heavy atom. The maximum atomic E-state index is 14.3. The monoisotopic (exact) mass is 605 g/mol. The van der Waals surface area contributed by atoms with Gasteiger partial charge >= 0.3 is 0 Å². The molecule has 3 N–H and O–H groups in total. The lowest BCUT2D eigenvalue weighted by molar-refractivity contribution is 0.0950. The number of nitrogens with one attached hydrogen (secondary N) is 3. The van der Waals surface area contributed by atoms with Crippen molar-refractivity contribution in [3.05, 3.63) is 111 Å². The molecular weight excluding hydrogens is 566 g/mol. The maximum Gasteiger partial charge on any atom is 0.274 e. The lowest BCUT2D eigenvalue weighted by atomic mass is 9.94. The number of aromatic amines is 1. The molecule has 0 fully saturated rings. The first-order valence-electron chi connectivity index (χ1n) is 15.0. The van der Waals surface area contributed by atoms with Gasteiger partial charge in [0.2, 0.25) is 0 Å². The van der Waals surface area contributed by atoms with Crippen LogP contribution in [0.5, 0.6) is 11.5 Å². The minimum atomic E-state index is -0.310. The number of hydrogen-bond donors (Lipinski definition) is 3. The van der Waals surface area contributed by atoms with Gasteiger partial charge < -0.3 is 29.8 Å². The minimum Gasteiger partial charge on any atom is -0.455 e. The minimum absolute atomic E-state index is 0.272. The average molecular weight is 606 g/mol. The van der Waals surface area contributed by atoms with E-state index >= 15 is 0 Å². The summed E-state index contributed by atoms with van der Waals surface area (Å²) in [6.45, 7) is 6.93. The second-order valence-corrected chi connectivity index (χ2v) is 11.5. The molecule has 0 aliphatic rings. The quantitative estimate of drug-likeness (QED) is 0.180. The fourth-order valence-corrected chi connectivity index (χ4v) is 5.45. The van der Waals surface area contributed by atoms with Crippen LogP contribution < -0.4 is 20.9 Å². The molecule has 0 saturated heterocycles. The predicted molar refractivity (Wildman–Crippen MR) is 180 cm³/mol. The molecule has 0 unspecified atom stereocenters. The van der Waals surface area contributed by atoms with Crippen molar-refractivity contribution >= 4 is 28.4 Å². The summed E-state index contributed by atoms with van der Waals surface area (Å²) >= 11 is 0. The third-order valence-electron chi connectivity index (χ3n) is 7.78. The van der Waals surface area contributed by atoms with E-state index in [1.54, 1.807) is 19.3 Å². The van der Waals surface area contributed by atoms with Gasteiger partial charge in [0.05, 0.1) is 5.56 Å². The number of pyridine rings is 1. The second kappa shape index (κ2) is 13.2. The third kappa shape index (κ3) is 6.53. The van der Waals surface area contributed by atoms with E-state index in [4.69, 9.17) is 4.74 Å². The Morgan fingerprint density at radius 1 is 0.911 bits per heavy atom. The normalized spacial score (nSPS) is 11.2. The van der Waals surface area contributed by atoms with E-state index in [-0.39, 0.29) is 23.1 Å². The van der Waals surface area contributed by atoms with Crippen LogP contribution in [0.25, 0.3) is 22.0 Å². The Balaban J connectivity index is 1.82. The van der Waals surface area contributed by atoms with E-state index in [1.807, 2.05) is 95.5 Å². The van der Waals surface area contributed by atoms with E-state index in [0.717, 1.165) is 16.7 Å². The summed E-state index contributed by atoms with van der Waals surface area (Å²) in [6.07, 6.45) is 2.33. The van der Waals surface area contributed by atoms with E-state index in [2.05, 4.69) is 20.5 Å². The molecular formula is C36H39N5O4. The van der Waals surface area contributed by atoms with Gasteiger partial charge in [-0.2, -0.15) is 0 Å². The third-order valence-corrected chi connectivity index (χ3v) is 7.78. The Kier molecular flexibility index (Phi) is 9.20. The van der Waals surface area contributed by atoms with Gasteiger partial charge in [-0.3, -0.25) is 14.4 Å². The molecule has 0 atom stereocenters. The molecule has 232 valence electrons. The first-order chi connectivity index (χ1) is 21.6. The highest BCUT2D eigenvalue weighted by molar-refractivity contribution is 6.10. The Bertz CT molecular complexity index is 1920. The van der Waals surface area contributed by atoms with Gasteiger partial charge in [-0.05, 0) is 76.2 Å². The topological polar surface area (TPSA) is 108 Å². The van der Waals surface area contributed by atoms with Gasteiger partial charge in [0, 0.05) is 48.5 Å². The number of H-pyrrole nitrogens is 1. The summed E-state index contributed by atoms with van der Waals surface area (Å²) in [4.78, 5) is 45.4. The highest BCUT2D eigenvalue weighted by Gasteiger charge is 2.26. The van der Waals surface area contributed by atoms with Crippen molar-refractivity contribution in [2.75, 3.05) is 32.5 Å². The molecule has 45 heavy (non-hydrogen) atoms. The van der Waals surface area contributed by atoms with Gasteiger partial charge in [-0.1, -0.05) is 48.5 Å². The van der Waals surface area contributed by atoms with Gasteiger partial charge in [0.25, 0.3) is 17.4 Å². The van der Waals surface area contributed by atoms with Crippen LogP contribution >= 0.6 is 0 Å². The number of anilines is 1. The summed E-state index contributed by atoms with van der Waals surface area (Å²) in [7, 11) is 5.65. The van der Waals surface area contributed by atoms with Crippen molar-refractivity contribution in [1.29, 1.82) is 0 Å². The molecule has 0 spiro atoms. The van der Waals surface area contributed by atoms with Crippen LogP contribution in [-0.4, -0.2) is 53.5 Å². The predicted octanol–water partition coefficient (Wildman–Crippen LogP) is 6.05. The number of rotatable bonds is 10. The zero-order valence-corrected chi connectivity index (χ0v) is 26.6. The van der Waals surface area contributed by atoms with Gasteiger partial charge in [0.1, 0.15) is 22.7 Å². The summed E-state index contributed by atoms with van der Waals surface area (Å²) in [5, 5.41) is 6.41. The zero-order valence-electron chi connectivity index (χ0n) is 26.6. The van der Waals surface area contributed by atoms with Gasteiger partial charge in [0.15, 0.2) is 0 Å². The van der Waals surface area contributed by atoms with Crippen LogP contribution in [-0.2, 0) is 13.5 Å². The zero-order chi connectivity index (χ0) is 32.2. The van der Waals surface area contributed by atoms with Gasteiger partial charge in [-0.15, -0.1) is 0 Å². The summed E-state index contributed by atoms with van der Waals surface area (Å²) < 4.78 is 8.30. The standard InChI is InChI=1S/C36H39N5O4/c1-7-37-34(42)29-20-27-28(21-41(6)36(44)31(27)39-29)26-17-16-24(18-19-40(4)5)30(35(43)38-25-14-9-8-10-15-25)33(26)45-32-22(2)12-11-13-23(32)3/h8-17,20-21,39H,7,18-19H2,1-6H3,(H,37,42)(H,38,43). The molecule has 3 aromatic carbocycles. The molecule has 0 aliphatic heterocycles. The fraction of sp³-hybridized carbons (Fsp3) is 0.250. The SMILES string of the molecule is CCNC(=O)c1cc2c(-c3ccc(CCN(C)C)c(C(=O)Nc4ccccc4)c3Oc3c(C)cccc3C)cn(C)c(=O)c2[nH]1. The number of nitrogens with zero attached hydrogens (tertiary/aromatic N) is 2. The average Bonchev–Trinajstić information content (AvgIpc) is 3.46. The molecule has 0 bridgehead atoms. The molecule has 5 aromatic rings. The van der Waals surface area contributed by atoms with E-state index in [9.17, 15) is 14.4 Å². The van der Waals surface area contributed by atoms with Gasteiger partial charge in [-0.25, -0.2) is 0 Å². The number of hydrogen-bond acceptors (Lipinski definition) is 5. The summed E-state index contributed by atoms with van der Waals surface area (Å²) in [6, 6.07) is 20.8. The second-order valence-electron chi connectivity index (χ2n) is 11.5. The number of para-hydroxylation sites is 2. The van der Waals surface area contributed by atoms with Crippen LogP contribution in [0.3, 0.4) is 0 Å². The summed E-state index contributed by atoms with van der Waals surface area (Å²) in [5.41, 5.74) is 5.28. The van der Waals surface area contributed by atoms with Crippen molar-refractivity contribution < 1.29 is 14.3 Å². The highest BCUT2D eigenvalue weighted by Crippen LogP contribution is 2.42. The van der Waals surface area contributed by atoms with E-state index < -0.39 is 0 Å². The smallest absolute Gasteiger partial charge is 0.274 e. The molecule has 0 aliphatic carbocycles. The number of ether oxygens (including phenoxy) is 1. The first kappa shape index (κ1) is 31.3. The van der Waals surface area contributed by atoms with Crippen LogP contribution in [0, 0.1) is 13.8 Å². The van der Waals surface area contributed by atoms with Crippen molar-refractivity contribution in [1.82, 2.24) is 19.8 Å². The van der Waals surface area contributed by atoms with E-state index in [1.165, 1.54) is 4.57 Å². The number of carbonyl (C=O) groups is 2. The molecule has 2 amide bonds. The lowest BCUT2D eigenvalue weighted by Crippen LogP contribution is -2.23. The number of carbonyl (C=O) groups excluding carboxylic acids is 2. The lowest BCUT2D eigenvalue weighted by Gasteiger charge is -2.22. The highest BCUT2D eigenvalue weighted by atomic mass is 16.5. The van der Waals surface area contributed by atoms with Crippen molar-refractivity contribution in [3.63, 3.8) is 0 Å². The number of likely N-dealkylation sites (N-methyl/N-ethyl adjacent to an activating group) is 1. The van der Waals surface area contributed by atoms with Crippen LogP contribution in [0.2, 0.25) is 0 Å². The van der Waals surface area contributed by atoms with Crippen molar-refractivity contribution in [2.45, 2.75) is 27.2 Å². The van der Waals surface area contributed by atoms with Crippen molar-refractivity contribution in [3.8, 4) is 22.6 Å². The number of benzene rings is 3. The molecule has 9 heteroatoms. The largest absolute Gasteiger partial charge is 0.455 e. The van der Waals surface area contributed by atoms with Crippen LogP contribution in [0.15, 0.2) is 77.7 Å². The molecule has 9 nitrogen and oxygen atoms in total. The molecule has 0 saturated carbocycles. The van der Waals surface area contributed by atoms with Crippen LogP contribution in [0.1, 0.15) is 44.5 Å². The molecule has 0 radical (unpaired) electrons. The Labute approximate surface area is 262 Å². The number of amides is 2. The number of aryl methyl sites for hydroxylation is 3. The Morgan fingerprint density at radius 3 is 2.29 bits per heavy atom.